The molecule has 0 saturated carbocycles. The van der Waals surface area contributed by atoms with Crippen LogP contribution in [-0.2, 0) is 9.53 Å². The van der Waals surface area contributed by atoms with Crippen LogP contribution in [-0.4, -0.2) is 5.97 Å². The molecule has 3 rings (SSSR count). The summed E-state index contributed by atoms with van der Waals surface area (Å²) in [4.78, 5) is 12.5. The number of ether oxygens (including phenoxy) is 1. The van der Waals surface area contributed by atoms with Crippen LogP contribution >= 0.6 is 0 Å². The summed E-state index contributed by atoms with van der Waals surface area (Å²) in [6.45, 7) is 2.27. The lowest BCUT2D eigenvalue weighted by molar-refractivity contribution is -0.147. The molecule has 0 amide bonds. The van der Waals surface area contributed by atoms with E-state index in [0.29, 0.717) is 6.42 Å². The van der Waals surface area contributed by atoms with Gasteiger partial charge in [0, 0.05) is 17.5 Å². The number of rotatable bonds is 15. The normalized spacial score (nSPS) is 12.5. The highest BCUT2D eigenvalue weighted by Gasteiger charge is 2.30. The van der Waals surface area contributed by atoms with Gasteiger partial charge in [-0.2, -0.15) is 0 Å². The summed E-state index contributed by atoms with van der Waals surface area (Å²) in [7, 11) is 0. The number of unbranched alkanes of at least 4 members (excludes halogenated alkanes) is 12. The highest BCUT2D eigenvalue weighted by atomic mass is 16.5. The van der Waals surface area contributed by atoms with E-state index in [1.165, 1.54) is 81.8 Å². The van der Waals surface area contributed by atoms with Crippen molar-refractivity contribution >= 4 is 5.97 Å². The van der Waals surface area contributed by atoms with Gasteiger partial charge < -0.3 is 4.74 Å². The first-order chi connectivity index (χ1) is 15.3. The number of carbonyl (C=O) groups is 1. The van der Waals surface area contributed by atoms with Gasteiger partial charge in [-0.05, 0) is 17.5 Å². The van der Waals surface area contributed by atoms with E-state index in [1.54, 1.807) is 0 Å². The first-order valence-electron chi connectivity index (χ1n) is 12.7. The lowest BCUT2D eigenvalue weighted by Gasteiger charge is -2.15. The largest absolute Gasteiger partial charge is 0.452 e. The lowest BCUT2D eigenvalue weighted by atomic mass is 10.0. The molecule has 0 fully saturated rings. The van der Waals surface area contributed by atoms with E-state index >= 15 is 0 Å². The maximum atomic E-state index is 12.5. The Balaban J connectivity index is 1.26. The fourth-order valence-electron chi connectivity index (χ4n) is 4.71. The van der Waals surface area contributed by atoms with E-state index in [0.717, 1.165) is 24.0 Å². The Morgan fingerprint density at radius 1 is 0.645 bits per heavy atom. The van der Waals surface area contributed by atoms with Crippen LogP contribution in [0, 0.1) is 0 Å². The van der Waals surface area contributed by atoms with Crippen LogP contribution < -0.4 is 0 Å². The maximum Gasteiger partial charge on any atom is 0.306 e. The summed E-state index contributed by atoms with van der Waals surface area (Å²) in [6.07, 6.45) is 17.4. The molecule has 0 atom stereocenters. The van der Waals surface area contributed by atoms with E-state index in [4.69, 9.17) is 4.74 Å². The van der Waals surface area contributed by atoms with Gasteiger partial charge in [0.25, 0.3) is 0 Å². The first-order valence-corrected chi connectivity index (χ1v) is 12.7. The van der Waals surface area contributed by atoms with Crippen molar-refractivity contribution in [2.45, 2.75) is 103 Å². The third-order valence-electron chi connectivity index (χ3n) is 6.51. The van der Waals surface area contributed by atoms with Crippen molar-refractivity contribution in [3.8, 4) is 11.1 Å². The number of benzene rings is 2. The van der Waals surface area contributed by atoms with Gasteiger partial charge in [0.05, 0.1) is 0 Å². The van der Waals surface area contributed by atoms with Crippen molar-refractivity contribution in [2.75, 3.05) is 0 Å². The molecule has 1 aliphatic carbocycles. The third-order valence-corrected chi connectivity index (χ3v) is 6.51. The van der Waals surface area contributed by atoms with Crippen molar-refractivity contribution in [3.05, 3.63) is 59.7 Å². The van der Waals surface area contributed by atoms with E-state index in [1.807, 2.05) is 24.3 Å². The summed E-state index contributed by atoms with van der Waals surface area (Å²) < 4.78 is 5.93. The molecule has 0 aliphatic heterocycles. The van der Waals surface area contributed by atoms with Crippen LogP contribution in [0.2, 0.25) is 0 Å². The van der Waals surface area contributed by atoms with Crippen molar-refractivity contribution in [1.82, 2.24) is 0 Å². The molecule has 2 heteroatoms. The molecule has 0 N–H and O–H groups in total. The molecule has 0 aromatic heterocycles. The minimum atomic E-state index is -0.248. The Morgan fingerprint density at radius 2 is 1.06 bits per heavy atom. The van der Waals surface area contributed by atoms with Gasteiger partial charge in [0.15, 0.2) is 6.10 Å². The van der Waals surface area contributed by atoms with Gasteiger partial charge in [-0.25, -0.2) is 0 Å². The average molecular weight is 421 g/mol. The first kappa shape index (κ1) is 23.6. The molecule has 0 spiro atoms. The minimum absolute atomic E-state index is 0.0698. The molecular weight excluding hydrogens is 380 g/mol. The second-order valence-corrected chi connectivity index (χ2v) is 9.04. The van der Waals surface area contributed by atoms with E-state index in [9.17, 15) is 4.79 Å². The molecule has 0 saturated heterocycles. The molecular formula is C29H40O2. The average Bonchev–Trinajstić information content (AvgIpc) is 3.11. The lowest BCUT2D eigenvalue weighted by Crippen LogP contribution is -2.10. The monoisotopic (exact) mass is 420 g/mol. The maximum absolute atomic E-state index is 12.5. The Hall–Kier alpha value is -2.09. The molecule has 2 nitrogen and oxygen atoms in total. The number of esters is 1. The molecule has 0 heterocycles. The van der Waals surface area contributed by atoms with Crippen LogP contribution in [0.15, 0.2) is 48.5 Å². The number of carbonyl (C=O) groups excluding carboxylic acids is 1. The van der Waals surface area contributed by atoms with Gasteiger partial charge >= 0.3 is 5.97 Å². The van der Waals surface area contributed by atoms with Crippen LogP contribution in [0.5, 0.6) is 0 Å². The predicted octanol–water partition coefficient (Wildman–Crippen LogP) is 8.78. The van der Waals surface area contributed by atoms with E-state index in [2.05, 4.69) is 31.2 Å². The SMILES string of the molecule is CCCCCCCCCCCCCCCC(=O)OC1c2ccccc2-c2ccccc21. The highest BCUT2D eigenvalue weighted by molar-refractivity contribution is 5.80. The molecule has 1 aliphatic rings. The van der Waals surface area contributed by atoms with Gasteiger partial charge in [-0.15, -0.1) is 0 Å². The summed E-state index contributed by atoms with van der Waals surface area (Å²) >= 11 is 0. The van der Waals surface area contributed by atoms with Crippen molar-refractivity contribution in [3.63, 3.8) is 0 Å². The van der Waals surface area contributed by atoms with Gasteiger partial charge in [-0.3, -0.25) is 4.79 Å². The smallest absolute Gasteiger partial charge is 0.306 e. The summed E-state index contributed by atoms with van der Waals surface area (Å²) in [5.41, 5.74) is 4.61. The van der Waals surface area contributed by atoms with Gasteiger partial charge in [-0.1, -0.05) is 133 Å². The Morgan fingerprint density at radius 3 is 1.55 bits per heavy atom. The molecule has 2 aromatic rings. The number of hydrogen-bond acceptors (Lipinski definition) is 2. The Labute approximate surface area is 189 Å². The van der Waals surface area contributed by atoms with Gasteiger partial charge in [0.2, 0.25) is 0 Å². The fraction of sp³-hybridized carbons (Fsp3) is 0.552. The van der Waals surface area contributed by atoms with Crippen LogP contribution in [0.3, 0.4) is 0 Å². The minimum Gasteiger partial charge on any atom is -0.452 e. The molecule has 168 valence electrons. The Bertz CT molecular complexity index is 749. The van der Waals surface area contributed by atoms with Crippen molar-refractivity contribution < 1.29 is 9.53 Å². The summed E-state index contributed by atoms with van der Waals surface area (Å²) in [6, 6.07) is 16.6. The van der Waals surface area contributed by atoms with Crippen molar-refractivity contribution in [1.29, 1.82) is 0 Å². The second kappa shape index (κ2) is 13.3. The molecule has 0 unspecified atom stereocenters. The number of hydrogen-bond donors (Lipinski definition) is 0. The molecule has 31 heavy (non-hydrogen) atoms. The summed E-state index contributed by atoms with van der Waals surface area (Å²) in [5.74, 6) is -0.0698. The van der Waals surface area contributed by atoms with E-state index in [-0.39, 0.29) is 12.1 Å². The second-order valence-electron chi connectivity index (χ2n) is 9.04. The zero-order chi connectivity index (χ0) is 21.7. The third kappa shape index (κ3) is 7.23. The summed E-state index contributed by atoms with van der Waals surface area (Å²) in [5, 5.41) is 0. The highest BCUT2D eigenvalue weighted by Crippen LogP contribution is 2.45. The Kier molecular flexibility index (Phi) is 10.2. The number of fused-ring (bicyclic) bond motifs is 3. The fourth-order valence-corrected chi connectivity index (χ4v) is 4.71. The quantitative estimate of drug-likeness (QED) is 0.212. The molecule has 0 radical (unpaired) electrons. The zero-order valence-electron chi connectivity index (χ0n) is 19.4. The van der Waals surface area contributed by atoms with Crippen LogP contribution in [0.4, 0.5) is 0 Å². The molecule has 0 bridgehead atoms. The van der Waals surface area contributed by atoms with Crippen LogP contribution in [0.1, 0.15) is 114 Å². The van der Waals surface area contributed by atoms with Gasteiger partial charge in [0.1, 0.15) is 0 Å². The topological polar surface area (TPSA) is 26.3 Å². The van der Waals surface area contributed by atoms with E-state index < -0.39 is 0 Å². The standard InChI is InChI=1S/C29H40O2/c1-2-3-4-5-6-7-8-9-10-11-12-13-14-23-28(30)31-29-26-21-17-15-19-24(26)25-20-16-18-22-27(25)29/h15-22,29H,2-14,23H2,1H3. The van der Waals surface area contributed by atoms with Crippen LogP contribution in [0.25, 0.3) is 11.1 Å². The van der Waals surface area contributed by atoms with Crippen molar-refractivity contribution in [2.24, 2.45) is 0 Å². The molecule has 2 aromatic carbocycles. The predicted molar refractivity (Wildman–Crippen MR) is 130 cm³/mol. The zero-order valence-corrected chi connectivity index (χ0v) is 19.4.